The normalized spacial score (nSPS) is 15.6. The molecule has 2 heterocycles. The van der Waals surface area contributed by atoms with Gasteiger partial charge in [-0.3, -0.25) is 9.59 Å². The topological polar surface area (TPSA) is 125 Å². The third-order valence-corrected chi connectivity index (χ3v) is 7.76. The summed E-state index contributed by atoms with van der Waals surface area (Å²) in [4.78, 5) is 27.7. The molecule has 1 aliphatic rings. The van der Waals surface area contributed by atoms with Crippen LogP contribution in [0.2, 0.25) is 0 Å². The van der Waals surface area contributed by atoms with Crippen LogP contribution in [0.25, 0.3) is 27.6 Å². The van der Waals surface area contributed by atoms with Crippen molar-refractivity contribution < 1.29 is 18.0 Å². The van der Waals surface area contributed by atoms with E-state index in [1.807, 2.05) is 43.3 Å². The van der Waals surface area contributed by atoms with Crippen molar-refractivity contribution in [1.29, 1.82) is 0 Å². The highest BCUT2D eigenvalue weighted by Gasteiger charge is 2.23. The molecule has 2 amide bonds. The Hall–Kier alpha value is -3.14. The number of alkyl halides is 1. The number of aromatic nitrogens is 1. The minimum absolute atomic E-state index is 0.291. The summed E-state index contributed by atoms with van der Waals surface area (Å²) in [5, 5.41) is 2.99. The zero-order valence-electron chi connectivity index (χ0n) is 19.7. The van der Waals surface area contributed by atoms with Crippen LogP contribution < -0.4 is 11.1 Å². The molecule has 1 aliphatic heterocycles. The molecule has 3 aromatic rings. The molecule has 4 rings (SSSR count). The maximum atomic E-state index is 12.2. The Morgan fingerprint density at radius 1 is 1.20 bits per heavy atom. The van der Waals surface area contributed by atoms with Crippen LogP contribution in [-0.2, 0) is 14.8 Å². The molecule has 35 heavy (non-hydrogen) atoms. The van der Waals surface area contributed by atoms with E-state index in [2.05, 4.69) is 10.3 Å². The van der Waals surface area contributed by atoms with E-state index < -0.39 is 21.3 Å². The summed E-state index contributed by atoms with van der Waals surface area (Å²) in [7, 11) is -3.26. The number of nitrogens with zero attached hydrogens (tertiary/aromatic N) is 1. The molecule has 0 bridgehead atoms. The van der Waals surface area contributed by atoms with E-state index in [0.717, 1.165) is 33.3 Å². The van der Waals surface area contributed by atoms with Gasteiger partial charge in [0.05, 0.1) is 17.3 Å². The number of carbonyl (C=O) groups excluding carboxylic acids is 2. The van der Waals surface area contributed by atoms with Crippen LogP contribution in [0.15, 0.2) is 42.5 Å². The van der Waals surface area contributed by atoms with Gasteiger partial charge in [0.1, 0.15) is 5.38 Å². The average Bonchev–Trinajstić information content (AvgIpc) is 3.24. The first-order valence-electron chi connectivity index (χ1n) is 11.1. The lowest BCUT2D eigenvalue weighted by molar-refractivity contribution is -0.115. The summed E-state index contributed by atoms with van der Waals surface area (Å²) in [5.74, 6) is -0.845. The van der Waals surface area contributed by atoms with E-state index in [1.54, 1.807) is 13.0 Å². The second-order valence-electron chi connectivity index (χ2n) is 8.68. The first-order chi connectivity index (χ1) is 16.5. The number of nitrogens with one attached hydrogen (secondary N) is 2. The number of carbonyl (C=O) groups is 2. The molecule has 0 aliphatic carbocycles. The molecule has 8 nitrogen and oxygen atoms in total. The molecule has 0 saturated carbocycles. The monoisotopic (exact) mass is 514 g/mol. The highest BCUT2D eigenvalue weighted by atomic mass is 35.5. The number of sulfonamides is 1. The lowest BCUT2D eigenvalue weighted by Crippen LogP contribution is -2.33. The fourth-order valence-corrected chi connectivity index (χ4v) is 5.15. The average molecular weight is 515 g/mol. The molecule has 2 aromatic carbocycles. The lowest BCUT2D eigenvalue weighted by Gasteiger charge is -2.23. The fourth-order valence-electron chi connectivity index (χ4n) is 4.32. The van der Waals surface area contributed by atoms with Crippen molar-refractivity contribution in [2.45, 2.75) is 25.6 Å². The van der Waals surface area contributed by atoms with Gasteiger partial charge in [0.15, 0.2) is 0 Å². The van der Waals surface area contributed by atoms with E-state index in [0.29, 0.717) is 36.3 Å². The number of amides is 2. The summed E-state index contributed by atoms with van der Waals surface area (Å²) in [6, 6.07) is 11.1. The van der Waals surface area contributed by atoms with Crippen molar-refractivity contribution in [2.24, 2.45) is 5.73 Å². The fraction of sp³-hybridized carbons (Fsp3) is 0.280. The van der Waals surface area contributed by atoms with Crippen molar-refractivity contribution in [3.63, 3.8) is 0 Å². The van der Waals surface area contributed by atoms with E-state index in [-0.39, 0.29) is 5.91 Å². The lowest BCUT2D eigenvalue weighted by atomic mass is 9.94. The number of anilines is 1. The Bertz CT molecular complexity index is 1470. The number of fused-ring (bicyclic) bond motifs is 1. The quantitative estimate of drug-likeness (QED) is 0.432. The molecule has 0 fully saturated rings. The van der Waals surface area contributed by atoms with Crippen LogP contribution in [0.1, 0.15) is 35.0 Å². The van der Waals surface area contributed by atoms with E-state index in [9.17, 15) is 18.0 Å². The van der Waals surface area contributed by atoms with Crippen LogP contribution in [0.3, 0.4) is 0 Å². The number of rotatable bonds is 6. The first-order valence-corrected chi connectivity index (χ1v) is 13.4. The van der Waals surface area contributed by atoms with Gasteiger partial charge in [-0.25, -0.2) is 8.42 Å². The summed E-state index contributed by atoms with van der Waals surface area (Å²) < 4.78 is 25.1. The molecular formula is C25H27ClN4O4S. The highest BCUT2D eigenvalue weighted by molar-refractivity contribution is 7.88. The number of primary amides is 1. The van der Waals surface area contributed by atoms with Crippen LogP contribution >= 0.6 is 11.6 Å². The number of aromatic amines is 1. The van der Waals surface area contributed by atoms with Crippen molar-refractivity contribution in [2.75, 3.05) is 24.7 Å². The standard InChI is InChI=1S/C25H27ClN4O4S/c1-14-17(5-4-6-21(14)29-25(32)15(2)26)18-7-8-19(24(27)31)23-20(18)13-22(28-23)16-9-11-30(12-10-16)35(3,33)34/h4-9,13,15,28H,10-12H2,1-3H3,(H2,27,31)(H,29,32). The minimum atomic E-state index is -3.26. The summed E-state index contributed by atoms with van der Waals surface area (Å²) in [6.45, 7) is 4.20. The molecule has 1 atom stereocenters. The minimum Gasteiger partial charge on any atom is -0.366 e. The SMILES string of the molecule is Cc1c(NC(=O)C(C)Cl)cccc1-c1ccc(C(N)=O)c2[nH]c(C3=CCN(S(C)(=O)=O)CC3)cc12. The van der Waals surface area contributed by atoms with Gasteiger partial charge in [-0.2, -0.15) is 4.31 Å². The Morgan fingerprint density at radius 3 is 2.54 bits per heavy atom. The molecule has 184 valence electrons. The van der Waals surface area contributed by atoms with Crippen molar-refractivity contribution in [1.82, 2.24) is 9.29 Å². The Kier molecular flexibility index (Phi) is 6.77. The molecular weight excluding hydrogens is 488 g/mol. The third-order valence-electron chi connectivity index (χ3n) is 6.29. The second kappa shape index (κ2) is 9.49. The molecule has 1 aromatic heterocycles. The largest absolute Gasteiger partial charge is 0.366 e. The summed E-state index contributed by atoms with van der Waals surface area (Å²) >= 11 is 5.92. The molecule has 4 N–H and O–H groups in total. The van der Waals surface area contributed by atoms with Gasteiger partial charge in [-0.1, -0.05) is 24.3 Å². The zero-order valence-corrected chi connectivity index (χ0v) is 21.3. The number of benzene rings is 2. The molecule has 1 unspecified atom stereocenters. The van der Waals surface area contributed by atoms with Gasteiger partial charge < -0.3 is 16.0 Å². The number of halogens is 1. The summed E-state index contributed by atoms with van der Waals surface area (Å²) in [5.41, 5.74) is 11.7. The molecule has 0 saturated heterocycles. The Balaban J connectivity index is 1.82. The van der Waals surface area contributed by atoms with Crippen LogP contribution in [0, 0.1) is 6.92 Å². The predicted octanol–water partition coefficient (Wildman–Crippen LogP) is 3.86. The number of hydrogen-bond acceptors (Lipinski definition) is 4. The molecule has 0 radical (unpaired) electrons. The number of H-pyrrole nitrogens is 1. The Morgan fingerprint density at radius 2 is 1.94 bits per heavy atom. The second-order valence-corrected chi connectivity index (χ2v) is 11.3. The maximum absolute atomic E-state index is 12.2. The van der Waals surface area contributed by atoms with Crippen molar-refractivity contribution in [3.05, 3.63) is 59.3 Å². The van der Waals surface area contributed by atoms with Crippen molar-refractivity contribution in [3.8, 4) is 11.1 Å². The molecule has 0 spiro atoms. The smallest absolute Gasteiger partial charge is 0.250 e. The van der Waals surface area contributed by atoms with E-state index >= 15 is 0 Å². The van der Waals surface area contributed by atoms with Gasteiger partial charge in [0.25, 0.3) is 5.91 Å². The van der Waals surface area contributed by atoms with Crippen LogP contribution in [-0.4, -0.2) is 54.2 Å². The number of hydrogen-bond donors (Lipinski definition) is 3. The predicted molar refractivity (Wildman–Crippen MR) is 140 cm³/mol. The highest BCUT2D eigenvalue weighted by Crippen LogP contribution is 2.37. The Labute approximate surface area is 209 Å². The zero-order chi connectivity index (χ0) is 25.5. The van der Waals surface area contributed by atoms with Crippen molar-refractivity contribution >= 4 is 55.6 Å². The third kappa shape index (κ3) is 4.98. The first kappa shape index (κ1) is 25.0. The number of nitrogens with two attached hydrogens (primary N) is 1. The van der Waals surface area contributed by atoms with Crippen LogP contribution in [0.4, 0.5) is 5.69 Å². The summed E-state index contributed by atoms with van der Waals surface area (Å²) in [6.07, 6.45) is 3.62. The van der Waals surface area contributed by atoms with E-state index in [1.165, 1.54) is 10.6 Å². The van der Waals surface area contributed by atoms with Gasteiger partial charge in [0.2, 0.25) is 15.9 Å². The van der Waals surface area contributed by atoms with Gasteiger partial charge >= 0.3 is 0 Å². The van der Waals surface area contributed by atoms with Gasteiger partial charge in [-0.15, -0.1) is 11.6 Å². The van der Waals surface area contributed by atoms with Gasteiger partial charge in [-0.05, 0) is 60.7 Å². The van der Waals surface area contributed by atoms with Gasteiger partial charge in [0, 0.05) is 29.9 Å². The van der Waals surface area contributed by atoms with E-state index in [4.69, 9.17) is 17.3 Å². The van der Waals surface area contributed by atoms with Crippen LogP contribution in [0.5, 0.6) is 0 Å². The molecule has 10 heteroatoms. The maximum Gasteiger partial charge on any atom is 0.250 e.